The number of aromatic nitrogens is 3. The van der Waals surface area contributed by atoms with Gasteiger partial charge in [0.2, 0.25) is 17.6 Å². The van der Waals surface area contributed by atoms with E-state index in [9.17, 15) is 27.6 Å². The number of hydrogen-bond donors (Lipinski definition) is 1. The van der Waals surface area contributed by atoms with Crippen molar-refractivity contribution in [1.29, 1.82) is 0 Å². The third-order valence-electron chi connectivity index (χ3n) is 5.22. The minimum Gasteiger partial charge on any atom is -0.354 e. The van der Waals surface area contributed by atoms with E-state index in [0.717, 1.165) is 23.9 Å². The maximum absolute atomic E-state index is 12.8. The van der Waals surface area contributed by atoms with Gasteiger partial charge >= 0.3 is 11.9 Å². The number of hydrogen-bond acceptors (Lipinski definition) is 4. The van der Waals surface area contributed by atoms with Crippen LogP contribution >= 0.6 is 0 Å². The number of nitrogens with one attached hydrogen (secondary N) is 1. The van der Waals surface area contributed by atoms with Gasteiger partial charge in [0.05, 0.1) is 12.5 Å². The normalized spacial score (nSPS) is 16.9. The van der Waals surface area contributed by atoms with E-state index in [-0.39, 0.29) is 32.0 Å². The van der Waals surface area contributed by atoms with E-state index in [2.05, 4.69) is 10.4 Å². The van der Waals surface area contributed by atoms with Crippen LogP contribution in [0.15, 0.2) is 23.0 Å². The second kappa shape index (κ2) is 7.96. The number of aryl methyl sites for hydroxylation is 2. The first-order chi connectivity index (χ1) is 14.0. The van der Waals surface area contributed by atoms with Crippen molar-refractivity contribution in [3.05, 3.63) is 45.6 Å². The summed E-state index contributed by atoms with van der Waals surface area (Å²) in [4.78, 5) is 38.2. The minimum atomic E-state index is -4.75. The lowest BCUT2D eigenvalue weighted by Crippen LogP contribution is -2.36. The molecule has 11 heteroatoms. The monoisotopic (exact) mass is 425 g/mol. The summed E-state index contributed by atoms with van der Waals surface area (Å²) in [6.07, 6.45) is -4.70. The zero-order chi connectivity index (χ0) is 22.2. The lowest BCUT2D eigenvalue weighted by atomic mass is 10.1. The fourth-order valence-corrected chi connectivity index (χ4v) is 3.34. The molecule has 30 heavy (non-hydrogen) atoms. The van der Waals surface area contributed by atoms with Crippen LogP contribution in [0.1, 0.15) is 23.4 Å². The Bertz CT molecular complexity index is 1040. The number of nitrogens with zero attached hydrogens (tertiary/aromatic N) is 4. The highest BCUT2D eigenvalue weighted by molar-refractivity contribution is 6.00. The Labute approximate surface area is 170 Å². The Balaban J connectivity index is 1.59. The third-order valence-corrected chi connectivity index (χ3v) is 5.22. The predicted molar refractivity (Wildman–Crippen MR) is 102 cm³/mol. The Kier molecular flexibility index (Phi) is 5.73. The van der Waals surface area contributed by atoms with Crippen molar-refractivity contribution in [1.82, 2.24) is 19.7 Å². The zero-order valence-corrected chi connectivity index (χ0v) is 16.8. The fourth-order valence-electron chi connectivity index (χ4n) is 3.34. The van der Waals surface area contributed by atoms with Crippen LogP contribution in [-0.2, 0) is 29.4 Å². The van der Waals surface area contributed by atoms with Gasteiger partial charge in [0, 0.05) is 32.2 Å². The van der Waals surface area contributed by atoms with Gasteiger partial charge in [0.1, 0.15) is 0 Å². The molecule has 3 rings (SSSR count). The van der Waals surface area contributed by atoms with E-state index in [1.807, 2.05) is 32.0 Å². The molecule has 1 fully saturated rings. The first kappa shape index (κ1) is 21.6. The van der Waals surface area contributed by atoms with Gasteiger partial charge in [-0.1, -0.05) is 6.07 Å². The molecule has 1 atom stereocenters. The van der Waals surface area contributed by atoms with E-state index in [4.69, 9.17) is 0 Å². The Morgan fingerprint density at radius 1 is 1.23 bits per heavy atom. The van der Waals surface area contributed by atoms with Gasteiger partial charge < -0.3 is 10.2 Å². The van der Waals surface area contributed by atoms with Crippen LogP contribution in [0.2, 0.25) is 0 Å². The van der Waals surface area contributed by atoms with Gasteiger partial charge in [0.15, 0.2) is 0 Å². The minimum absolute atomic E-state index is 0.0422. The molecule has 2 amide bonds. The van der Waals surface area contributed by atoms with Crippen LogP contribution in [0.4, 0.5) is 18.9 Å². The SMILES string of the molecule is Cc1ccc(N2CC(C(=O)NCCn3nc(C(F)(F)F)n(C)c3=O)CC2=O)cc1C. The van der Waals surface area contributed by atoms with E-state index in [1.54, 1.807) is 4.90 Å². The summed E-state index contributed by atoms with van der Waals surface area (Å²) in [5.41, 5.74) is 1.93. The Morgan fingerprint density at radius 3 is 2.53 bits per heavy atom. The van der Waals surface area contributed by atoms with Gasteiger partial charge in [0.25, 0.3) is 0 Å². The number of carbonyl (C=O) groups excluding carboxylic acids is 2. The molecule has 1 aliphatic heterocycles. The molecule has 1 N–H and O–H groups in total. The fraction of sp³-hybridized carbons (Fsp3) is 0.474. The van der Waals surface area contributed by atoms with E-state index in [1.165, 1.54) is 0 Å². The molecule has 1 aliphatic rings. The lowest BCUT2D eigenvalue weighted by molar-refractivity contribution is -0.147. The van der Waals surface area contributed by atoms with Crippen molar-refractivity contribution >= 4 is 17.5 Å². The quantitative estimate of drug-likeness (QED) is 0.784. The maximum atomic E-state index is 12.8. The number of carbonyl (C=O) groups is 2. The molecule has 162 valence electrons. The summed E-state index contributed by atoms with van der Waals surface area (Å²) in [6, 6.07) is 5.62. The van der Waals surface area contributed by atoms with Crippen LogP contribution in [-0.4, -0.2) is 39.3 Å². The summed E-state index contributed by atoms with van der Waals surface area (Å²) in [5.74, 6) is -2.45. The second-order valence-corrected chi connectivity index (χ2v) is 7.35. The van der Waals surface area contributed by atoms with Crippen molar-refractivity contribution in [2.75, 3.05) is 18.0 Å². The number of amides is 2. The molecule has 0 aliphatic carbocycles. The summed E-state index contributed by atoms with van der Waals surface area (Å²) < 4.78 is 39.5. The zero-order valence-electron chi connectivity index (χ0n) is 16.8. The molecule has 2 aromatic rings. The molecule has 1 saturated heterocycles. The topological polar surface area (TPSA) is 89.2 Å². The number of rotatable bonds is 5. The second-order valence-electron chi connectivity index (χ2n) is 7.35. The van der Waals surface area contributed by atoms with Crippen molar-refractivity contribution in [2.45, 2.75) is 33.0 Å². The average molecular weight is 425 g/mol. The van der Waals surface area contributed by atoms with Crippen LogP contribution in [0.25, 0.3) is 0 Å². The molecule has 0 bridgehead atoms. The highest BCUT2D eigenvalue weighted by Gasteiger charge is 2.38. The molecule has 1 aromatic carbocycles. The smallest absolute Gasteiger partial charge is 0.354 e. The van der Waals surface area contributed by atoms with E-state index in [0.29, 0.717) is 9.25 Å². The van der Waals surface area contributed by atoms with Gasteiger partial charge in [-0.15, -0.1) is 5.10 Å². The van der Waals surface area contributed by atoms with Gasteiger partial charge in [-0.3, -0.25) is 14.2 Å². The van der Waals surface area contributed by atoms with E-state index >= 15 is 0 Å². The molecular weight excluding hydrogens is 403 g/mol. The number of benzene rings is 1. The van der Waals surface area contributed by atoms with Gasteiger partial charge in [-0.2, -0.15) is 13.2 Å². The first-order valence-corrected chi connectivity index (χ1v) is 9.35. The Morgan fingerprint density at radius 2 is 1.93 bits per heavy atom. The molecular formula is C19H22F3N5O3. The van der Waals surface area contributed by atoms with Crippen molar-refractivity contribution in [2.24, 2.45) is 13.0 Å². The Hall–Kier alpha value is -3.11. The molecule has 1 aromatic heterocycles. The first-order valence-electron chi connectivity index (χ1n) is 9.35. The third kappa shape index (κ3) is 4.24. The molecule has 1 unspecified atom stereocenters. The molecule has 0 radical (unpaired) electrons. The molecule has 0 saturated carbocycles. The van der Waals surface area contributed by atoms with Crippen LogP contribution in [0.5, 0.6) is 0 Å². The standard InChI is InChI=1S/C19H22F3N5O3/c1-11-4-5-14(8-12(11)2)26-10-13(9-15(26)28)16(29)23-6-7-27-18(30)25(3)17(24-27)19(20,21)22/h4-5,8,13H,6-7,9-10H2,1-3H3,(H,23,29). The number of anilines is 1. The van der Waals surface area contributed by atoms with Crippen molar-refractivity contribution < 1.29 is 22.8 Å². The summed E-state index contributed by atoms with van der Waals surface area (Å²) >= 11 is 0. The number of alkyl halides is 3. The summed E-state index contributed by atoms with van der Waals surface area (Å²) in [7, 11) is 0.985. The molecule has 0 spiro atoms. The molecule has 2 heterocycles. The average Bonchev–Trinajstić information content (AvgIpc) is 3.19. The predicted octanol–water partition coefficient (Wildman–Crippen LogP) is 1.39. The highest BCUT2D eigenvalue weighted by Crippen LogP contribution is 2.27. The van der Waals surface area contributed by atoms with Crippen molar-refractivity contribution in [3.8, 4) is 0 Å². The van der Waals surface area contributed by atoms with Crippen LogP contribution in [0, 0.1) is 19.8 Å². The van der Waals surface area contributed by atoms with E-state index < -0.39 is 29.5 Å². The van der Waals surface area contributed by atoms with Crippen LogP contribution < -0.4 is 15.9 Å². The maximum Gasteiger partial charge on any atom is 0.451 e. The highest BCUT2D eigenvalue weighted by atomic mass is 19.4. The lowest BCUT2D eigenvalue weighted by Gasteiger charge is -2.18. The largest absolute Gasteiger partial charge is 0.451 e. The van der Waals surface area contributed by atoms with Gasteiger partial charge in [-0.25, -0.2) is 9.48 Å². The summed E-state index contributed by atoms with van der Waals surface area (Å²) in [6.45, 7) is 3.82. The van der Waals surface area contributed by atoms with Crippen molar-refractivity contribution in [3.63, 3.8) is 0 Å². The summed E-state index contributed by atoms with van der Waals surface area (Å²) in [5, 5.41) is 5.86. The number of halogens is 3. The van der Waals surface area contributed by atoms with Gasteiger partial charge in [-0.05, 0) is 37.1 Å². The van der Waals surface area contributed by atoms with Crippen LogP contribution in [0.3, 0.4) is 0 Å². The molecule has 8 nitrogen and oxygen atoms in total.